The zero-order valence-electron chi connectivity index (χ0n) is 9.90. The molecule has 2 amide bonds. The molecule has 0 aliphatic carbocycles. The van der Waals surface area contributed by atoms with Gasteiger partial charge in [-0.1, -0.05) is 0 Å². The monoisotopic (exact) mass is 284 g/mol. The second kappa shape index (κ2) is 6.50. The highest BCUT2D eigenvalue weighted by Gasteiger charge is 2.18. The van der Waals surface area contributed by atoms with Gasteiger partial charge in [0.25, 0.3) is 0 Å². The first-order chi connectivity index (χ1) is 9.13. The number of carbonyl (C=O) groups excluding carboxylic acids is 2. The van der Waals surface area contributed by atoms with Crippen molar-refractivity contribution < 1.29 is 14.0 Å². The van der Waals surface area contributed by atoms with Crippen LogP contribution >= 0.6 is 11.8 Å². The van der Waals surface area contributed by atoms with E-state index in [4.69, 9.17) is 0 Å². The number of halogens is 1. The topological polar surface area (TPSA) is 82.3 Å². The maximum atomic E-state index is 12.7. The lowest BCUT2D eigenvalue weighted by Gasteiger charge is -2.24. The van der Waals surface area contributed by atoms with Gasteiger partial charge < -0.3 is 10.6 Å². The molecule has 1 saturated heterocycles. The van der Waals surface area contributed by atoms with Crippen LogP contribution in [0.3, 0.4) is 0 Å². The van der Waals surface area contributed by atoms with Crippen LogP contribution in [0.25, 0.3) is 0 Å². The van der Waals surface area contributed by atoms with Gasteiger partial charge in [0, 0.05) is 5.69 Å². The number of hydrogen-bond acceptors (Lipinski definition) is 5. The summed E-state index contributed by atoms with van der Waals surface area (Å²) in [5.41, 5.74) is 5.72. The van der Waals surface area contributed by atoms with E-state index >= 15 is 0 Å². The molecular weight excluding hydrogens is 271 g/mol. The molecule has 102 valence electrons. The maximum absolute atomic E-state index is 12.7. The van der Waals surface area contributed by atoms with Crippen LogP contribution in [-0.2, 0) is 9.59 Å². The molecule has 1 heterocycles. The minimum Gasteiger partial charge on any atom is -0.330 e. The molecule has 0 spiro atoms. The van der Waals surface area contributed by atoms with Crippen LogP contribution in [0.1, 0.15) is 0 Å². The number of amides is 2. The standard InChI is InChI=1S/C11H13FN4O2S/c12-7-1-3-8(4-2-7)14-10(18)6-19-11-15-9(17)5-13-16-11/h1-4,11,13,16H,5-6H2,(H,14,18)(H,15,17). The van der Waals surface area contributed by atoms with Crippen molar-refractivity contribution in [2.24, 2.45) is 0 Å². The van der Waals surface area contributed by atoms with E-state index in [1.165, 1.54) is 36.0 Å². The lowest BCUT2D eigenvalue weighted by molar-refractivity contribution is -0.122. The molecule has 6 nitrogen and oxygen atoms in total. The smallest absolute Gasteiger partial charge is 0.237 e. The molecular formula is C11H13FN4O2S. The minimum absolute atomic E-state index is 0.129. The summed E-state index contributed by atoms with van der Waals surface area (Å²) in [5.74, 6) is -0.544. The SMILES string of the molecule is O=C(CSC1NNCC(=O)N1)Nc1ccc(F)cc1. The lowest BCUT2D eigenvalue weighted by Crippen LogP contribution is -2.58. The Hall–Kier alpha value is -1.64. The van der Waals surface area contributed by atoms with Crippen LogP contribution in [0.5, 0.6) is 0 Å². The Bertz CT molecular complexity index is 468. The number of thioether (sulfide) groups is 1. The van der Waals surface area contributed by atoms with E-state index in [-0.39, 0.29) is 35.4 Å². The molecule has 1 unspecified atom stereocenters. The molecule has 1 aromatic rings. The molecule has 2 rings (SSSR count). The highest BCUT2D eigenvalue weighted by Crippen LogP contribution is 2.11. The normalized spacial score (nSPS) is 18.8. The van der Waals surface area contributed by atoms with E-state index < -0.39 is 0 Å². The summed E-state index contributed by atoms with van der Waals surface area (Å²) in [6, 6.07) is 5.52. The van der Waals surface area contributed by atoms with Crippen molar-refractivity contribution in [2.45, 2.75) is 5.50 Å². The third kappa shape index (κ3) is 4.51. The predicted octanol–water partition coefficient (Wildman–Crippen LogP) is 0.00500. The van der Waals surface area contributed by atoms with E-state index in [0.717, 1.165) is 0 Å². The first kappa shape index (κ1) is 13.8. The molecule has 1 atom stereocenters. The molecule has 1 aliphatic heterocycles. The van der Waals surface area contributed by atoms with E-state index in [9.17, 15) is 14.0 Å². The summed E-state index contributed by atoms with van der Waals surface area (Å²) in [7, 11) is 0. The molecule has 1 aliphatic rings. The third-order valence-corrected chi connectivity index (χ3v) is 3.28. The highest BCUT2D eigenvalue weighted by atomic mass is 32.2. The van der Waals surface area contributed by atoms with Gasteiger partial charge in [0.15, 0.2) is 0 Å². The fourth-order valence-corrected chi connectivity index (χ4v) is 2.20. The molecule has 0 radical (unpaired) electrons. The summed E-state index contributed by atoms with van der Waals surface area (Å²) in [6.07, 6.45) is 0. The average molecular weight is 284 g/mol. The molecule has 1 aromatic carbocycles. The zero-order valence-corrected chi connectivity index (χ0v) is 10.7. The van der Waals surface area contributed by atoms with Gasteiger partial charge in [0.2, 0.25) is 11.8 Å². The van der Waals surface area contributed by atoms with Gasteiger partial charge in [-0.25, -0.2) is 15.2 Å². The molecule has 8 heteroatoms. The summed E-state index contributed by atoms with van der Waals surface area (Å²) in [6.45, 7) is 0.207. The third-order valence-electron chi connectivity index (χ3n) is 2.28. The number of carbonyl (C=O) groups is 2. The number of rotatable bonds is 4. The summed E-state index contributed by atoms with van der Waals surface area (Å²) in [5, 5.41) is 5.30. The molecule has 19 heavy (non-hydrogen) atoms. The van der Waals surface area contributed by atoms with E-state index in [1.807, 2.05) is 0 Å². The van der Waals surface area contributed by atoms with Gasteiger partial charge in [-0.3, -0.25) is 9.59 Å². The van der Waals surface area contributed by atoms with Crippen LogP contribution in [-0.4, -0.2) is 29.6 Å². The lowest BCUT2D eigenvalue weighted by atomic mass is 10.3. The van der Waals surface area contributed by atoms with Crippen LogP contribution in [0, 0.1) is 5.82 Å². The quantitative estimate of drug-likeness (QED) is 0.626. The van der Waals surface area contributed by atoms with E-state index in [2.05, 4.69) is 21.5 Å². The second-order valence-electron chi connectivity index (χ2n) is 3.81. The molecule has 4 N–H and O–H groups in total. The van der Waals surface area contributed by atoms with Crippen LogP contribution in [0.4, 0.5) is 10.1 Å². The Morgan fingerprint density at radius 3 is 2.84 bits per heavy atom. The number of anilines is 1. The van der Waals surface area contributed by atoms with Crippen molar-refractivity contribution in [1.82, 2.24) is 16.2 Å². The Kier molecular flexibility index (Phi) is 4.72. The minimum atomic E-state index is -0.354. The van der Waals surface area contributed by atoms with Crippen molar-refractivity contribution in [1.29, 1.82) is 0 Å². The Labute approximate surface area is 113 Å². The van der Waals surface area contributed by atoms with Gasteiger partial charge in [-0.15, -0.1) is 11.8 Å². The van der Waals surface area contributed by atoms with Crippen molar-refractivity contribution >= 4 is 29.3 Å². The number of hydrogen-bond donors (Lipinski definition) is 4. The number of hydrazine groups is 1. The Morgan fingerprint density at radius 2 is 2.16 bits per heavy atom. The average Bonchev–Trinajstić information content (AvgIpc) is 2.39. The van der Waals surface area contributed by atoms with Crippen molar-refractivity contribution in [2.75, 3.05) is 17.6 Å². The second-order valence-corrected chi connectivity index (χ2v) is 4.90. The van der Waals surface area contributed by atoms with Crippen LogP contribution in [0.15, 0.2) is 24.3 Å². The van der Waals surface area contributed by atoms with Crippen molar-refractivity contribution in [3.63, 3.8) is 0 Å². The molecule has 0 saturated carbocycles. The number of benzene rings is 1. The van der Waals surface area contributed by atoms with Crippen LogP contribution in [0.2, 0.25) is 0 Å². The van der Waals surface area contributed by atoms with Crippen molar-refractivity contribution in [3.05, 3.63) is 30.1 Å². The summed E-state index contributed by atoms with van der Waals surface area (Å²) in [4.78, 5) is 22.7. The first-order valence-electron chi connectivity index (χ1n) is 5.58. The summed E-state index contributed by atoms with van der Waals surface area (Å²) < 4.78 is 12.7. The maximum Gasteiger partial charge on any atom is 0.237 e. The first-order valence-corrected chi connectivity index (χ1v) is 6.63. The molecule has 1 fully saturated rings. The van der Waals surface area contributed by atoms with E-state index in [0.29, 0.717) is 5.69 Å². The highest BCUT2D eigenvalue weighted by molar-refractivity contribution is 8.00. The van der Waals surface area contributed by atoms with Crippen LogP contribution < -0.4 is 21.5 Å². The molecule has 0 bridgehead atoms. The predicted molar refractivity (Wildman–Crippen MR) is 70.6 cm³/mol. The Balaban J connectivity index is 1.75. The largest absolute Gasteiger partial charge is 0.330 e. The summed E-state index contributed by atoms with van der Waals surface area (Å²) >= 11 is 1.24. The fraction of sp³-hybridized carbons (Fsp3) is 0.273. The van der Waals surface area contributed by atoms with Crippen molar-refractivity contribution in [3.8, 4) is 0 Å². The van der Waals surface area contributed by atoms with Gasteiger partial charge in [-0.2, -0.15) is 0 Å². The van der Waals surface area contributed by atoms with E-state index in [1.54, 1.807) is 0 Å². The zero-order chi connectivity index (χ0) is 13.7. The fourth-order valence-electron chi connectivity index (χ4n) is 1.43. The van der Waals surface area contributed by atoms with Gasteiger partial charge in [0.05, 0.1) is 12.3 Å². The van der Waals surface area contributed by atoms with Gasteiger partial charge >= 0.3 is 0 Å². The molecule has 0 aromatic heterocycles. The Morgan fingerprint density at radius 1 is 1.42 bits per heavy atom. The number of nitrogens with one attached hydrogen (secondary N) is 4. The van der Waals surface area contributed by atoms with Gasteiger partial charge in [0.1, 0.15) is 11.3 Å². The van der Waals surface area contributed by atoms with Gasteiger partial charge in [-0.05, 0) is 24.3 Å².